The Balaban J connectivity index is 1.45. The Morgan fingerprint density at radius 1 is 1.00 bits per heavy atom. The van der Waals surface area contributed by atoms with E-state index in [0.29, 0.717) is 30.1 Å². The number of hydrogen-bond acceptors (Lipinski definition) is 6. The highest BCUT2D eigenvalue weighted by molar-refractivity contribution is 6.04. The molecule has 0 atom stereocenters. The van der Waals surface area contributed by atoms with Gasteiger partial charge in [-0.3, -0.25) is 9.69 Å². The van der Waals surface area contributed by atoms with E-state index in [0.717, 1.165) is 16.7 Å². The minimum Gasteiger partial charge on any atom is -0.444 e. The SMILES string of the molecule is Cc1ccc(NC(=O)c2ccc3c(c2)CN(C(=O)OC(C)(C)C)C3)cc1Oc1ncccn1. The average Bonchev–Trinajstić information content (AvgIpc) is 3.19. The molecule has 1 aliphatic heterocycles. The molecule has 170 valence electrons. The van der Waals surface area contributed by atoms with Gasteiger partial charge in [0.2, 0.25) is 0 Å². The van der Waals surface area contributed by atoms with E-state index in [2.05, 4.69) is 15.3 Å². The van der Waals surface area contributed by atoms with E-state index in [-0.39, 0.29) is 18.0 Å². The molecule has 2 heterocycles. The van der Waals surface area contributed by atoms with Gasteiger partial charge in [-0.05, 0) is 68.7 Å². The highest BCUT2D eigenvalue weighted by Crippen LogP contribution is 2.28. The second-order valence-electron chi connectivity index (χ2n) is 8.89. The summed E-state index contributed by atoms with van der Waals surface area (Å²) in [5, 5.41) is 2.90. The number of rotatable bonds is 4. The molecule has 1 N–H and O–H groups in total. The van der Waals surface area contributed by atoms with Gasteiger partial charge >= 0.3 is 12.1 Å². The van der Waals surface area contributed by atoms with Crippen LogP contribution in [0.5, 0.6) is 11.8 Å². The number of ether oxygens (including phenoxy) is 2. The van der Waals surface area contributed by atoms with Crippen molar-refractivity contribution >= 4 is 17.7 Å². The first-order chi connectivity index (χ1) is 15.7. The van der Waals surface area contributed by atoms with Gasteiger partial charge < -0.3 is 14.8 Å². The topological polar surface area (TPSA) is 93.7 Å². The van der Waals surface area contributed by atoms with Crippen LogP contribution in [0.1, 0.15) is 47.8 Å². The lowest BCUT2D eigenvalue weighted by Crippen LogP contribution is -2.33. The van der Waals surface area contributed by atoms with Crippen LogP contribution in [0.3, 0.4) is 0 Å². The molecular weight excluding hydrogens is 420 g/mol. The molecule has 0 radical (unpaired) electrons. The first-order valence-corrected chi connectivity index (χ1v) is 10.6. The molecule has 0 bridgehead atoms. The molecule has 4 rings (SSSR count). The van der Waals surface area contributed by atoms with E-state index in [9.17, 15) is 9.59 Å². The number of hydrogen-bond donors (Lipinski definition) is 1. The first kappa shape index (κ1) is 22.3. The van der Waals surface area contributed by atoms with Crippen LogP contribution in [0.2, 0.25) is 0 Å². The van der Waals surface area contributed by atoms with Crippen LogP contribution in [0.25, 0.3) is 0 Å². The Labute approximate surface area is 192 Å². The highest BCUT2D eigenvalue weighted by Gasteiger charge is 2.28. The van der Waals surface area contributed by atoms with Gasteiger partial charge in [-0.25, -0.2) is 14.8 Å². The maximum Gasteiger partial charge on any atom is 0.410 e. The van der Waals surface area contributed by atoms with Gasteiger partial charge in [0.15, 0.2) is 0 Å². The zero-order valence-corrected chi connectivity index (χ0v) is 19.1. The van der Waals surface area contributed by atoms with Crippen molar-refractivity contribution in [3.05, 3.63) is 77.1 Å². The van der Waals surface area contributed by atoms with Gasteiger partial charge in [0.05, 0.1) is 0 Å². The van der Waals surface area contributed by atoms with Crippen molar-refractivity contribution in [2.45, 2.75) is 46.4 Å². The van der Waals surface area contributed by atoms with Gasteiger partial charge in [-0.15, -0.1) is 0 Å². The average molecular weight is 447 g/mol. The molecule has 0 saturated heterocycles. The van der Waals surface area contributed by atoms with Crippen LogP contribution in [0, 0.1) is 6.92 Å². The summed E-state index contributed by atoms with van der Waals surface area (Å²) >= 11 is 0. The fraction of sp³-hybridized carbons (Fsp3) is 0.280. The lowest BCUT2D eigenvalue weighted by molar-refractivity contribution is 0.0242. The van der Waals surface area contributed by atoms with E-state index >= 15 is 0 Å². The Kier molecular flexibility index (Phi) is 6.00. The summed E-state index contributed by atoms with van der Waals surface area (Å²) < 4.78 is 11.2. The van der Waals surface area contributed by atoms with E-state index in [1.807, 2.05) is 52.0 Å². The number of benzene rings is 2. The van der Waals surface area contributed by atoms with Crippen molar-refractivity contribution in [3.8, 4) is 11.8 Å². The molecule has 8 nitrogen and oxygen atoms in total. The number of anilines is 1. The van der Waals surface area contributed by atoms with Crippen LogP contribution in [0.4, 0.5) is 10.5 Å². The summed E-state index contributed by atoms with van der Waals surface area (Å²) in [6.45, 7) is 8.29. The quantitative estimate of drug-likeness (QED) is 0.601. The molecule has 2 amide bonds. The van der Waals surface area contributed by atoms with Crippen LogP contribution in [0.15, 0.2) is 54.9 Å². The summed E-state index contributed by atoms with van der Waals surface area (Å²) in [6, 6.07) is 12.8. The Morgan fingerprint density at radius 2 is 1.73 bits per heavy atom. The monoisotopic (exact) mass is 446 g/mol. The van der Waals surface area contributed by atoms with Crippen molar-refractivity contribution in [1.82, 2.24) is 14.9 Å². The third kappa shape index (κ3) is 5.46. The molecule has 0 unspecified atom stereocenters. The predicted molar refractivity (Wildman–Crippen MR) is 123 cm³/mol. The van der Waals surface area contributed by atoms with Gasteiger partial charge in [0.25, 0.3) is 5.91 Å². The number of aryl methyl sites for hydroxylation is 1. The summed E-state index contributed by atoms with van der Waals surface area (Å²) in [7, 11) is 0. The molecule has 1 aromatic heterocycles. The number of nitrogens with one attached hydrogen (secondary N) is 1. The second kappa shape index (κ2) is 8.90. The normalized spacial score (nSPS) is 12.8. The predicted octanol–water partition coefficient (Wildman–Crippen LogP) is 5.08. The zero-order valence-electron chi connectivity index (χ0n) is 19.1. The molecule has 0 aliphatic carbocycles. The van der Waals surface area contributed by atoms with Gasteiger partial charge in [-0.2, -0.15) is 0 Å². The van der Waals surface area contributed by atoms with Crippen LogP contribution >= 0.6 is 0 Å². The molecule has 0 saturated carbocycles. The van der Waals surface area contributed by atoms with Gasteiger partial charge in [0.1, 0.15) is 11.4 Å². The Hall–Kier alpha value is -3.94. The first-order valence-electron chi connectivity index (χ1n) is 10.6. The number of carbonyl (C=O) groups excluding carboxylic acids is 2. The van der Waals surface area contributed by atoms with Crippen molar-refractivity contribution in [2.75, 3.05) is 5.32 Å². The fourth-order valence-electron chi connectivity index (χ4n) is 3.42. The lowest BCUT2D eigenvalue weighted by Gasteiger charge is -2.24. The van der Waals surface area contributed by atoms with Crippen molar-refractivity contribution in [1.29, 1.82) is 0 Å². The maximum absolute atomic E-state index is 12.9. The molecule has 1 aliphatic rings. The zero-order chi connectivity index (χ0) is 23.6. The van der Waals surface area contributed by atoms with Gasteiger partial charge in [-0.1, -0.05) is 12.1 Å². The molecule has 0 fully saturated rings. The second-order valence-corrected chi connectivity index (χ2v) is 8.89. The summed E-state index contributed by atoms with van der Waals surface area (Å²) in [5.41, 5.74) is 3.37. The Bertz CT molecular complexity index is 1190. The van der Waals surface area contributed by atoms with Crippen LogP contribution < -0.4 is 10.1 Å². The van der Waals surface area contributed by atoms with Crippen LogP contribution in [-0.4, -0.2) is 32.5 Å². The number of fused-ring (bicyclic) bond motifs is 1. The lowest BCUT2D eigenvalue weighted by atomic mass is 10.1. The van der Waals surface area contributed by atoms with Crippen molar-refractivity contribution < 1.29 is 19.1 Å². The molecule has 8 heteroatoms. The molecule has 0 spiro atoms. The van der Waals surface area contributed by atoms with E-state index in [4.69, 9.17) is 9.47 Å². The molecular formula is C25H26N4O4. The number of nitrogens with zero attached hydrogens (tertiary/aromatic N) is 3. The standard InChI is InChI=1S/C25H26N4O4/c1-16-6-9-20(13-21(16)32-23-26-10-5-11-27-23)28-22(30)17-7-8-18-14-29(15-19(18)12-17)24(31)33-25(2,3)4/h5-13H,14-15H2,1-4H3,(H,28,30). The van der Waals surface area contributed by atoms with E-state index < -0.39 is 5.60 Å². The molecule has 33 heavy (non-hydrogen) atoms. The largest absolute Gasteiger partial charge is 0.444 e. The summed E-state index contributed by atoms with van der Waals surface area (Å²) in [6.07, 6.45) is 2.83. The van der Waals surface area contributed by atoms with Crippen molar-refractivity contribution in [2.24, 2.45) is 0 Å². The smallest absolute Gasteiger partial charge is 0.410 e. The number of aromatic nitrogens is 2. The Morgan fingerprint density at radius 3 is 2.45 bits per heavy atom. The number of carbonyl (C=O) groups is 2. The minimum absolute atomic E-state index is 0.234. The fourth-order valence-corrected chi connectivity index (χ4v) is 3.42. The van der Waals surface area contributed by atoms with Gasteiger partial charge in [0, 0.05) is 42.8 Å². The molecule has 3 aromatic rings. The minimum atomic E-state index is -0.555. The third-order valence-electron chi connectivity index (χ3n) is 5.03. The summed E-state index contributed by atoms with van der Waals surface area (Å²) in [4.78, 5) is 35.0. The molecule has 2 aromatic carbocycles. The third-order valence-corrected chi connectivity index (χ3v) is 5.03. The highest BCUT2D eigenvalue weighted by atomic mass is 16.6. The van der Waals surface area contributed by atoms with E-state index in [1.165, 1.54) is 0 Å². The van der Waals surface area contributed by atoms with Crippen molar-refractivity contribution in [3.63, 3.8) is 0 Å². The summed E-state index contributed by atoms with van der Waals surface area (Å²) in [5.74, 6) is 0.306. The number of amides is 2. The van der Waals surface area contributed by atoms with E-state index in [1.54, 1.807) is 35.5 Å². The van der Waals surface area contributed by atoms with Crippen LogP contribution in [-0.2, 0) is 17.8 Å². The maximum atomic E-state index is 12.9.